The van der Waals surface area contributed by atoms with Crippen LogP contribution in [0, 0.1) is 13.8 Å². The van der Waals surface area contributed by atoms with Crippen LogP contribution in [-0.2, 0) is 4.79 Å². The van der Waals surface area contributed by atoms with Crippen LogP contribution in [0.25, 0.3) is 0 Å². The van der Waals surface area contributed by atoms with Crippen LogP contribution in [0.2, 0.25) is 0 Å². The fourth-order valence-electron chi connectivity index (χ4n) is 3.65. The molecule has 2 aromatic rings. The minimum Gasteiger partial charge on any atom is -0.504 e. The average molecular weight is 428 g/mol. The van der Waals surface area contributed by atoms with Crippen LogP contribution in [0.4, 0.5) is 0 Å². The van der Waals surface area contributed by atoms with Crippen molar-refractivity contribution in [1.82, 2.24) is 9.80 Å². The first-order valence-corrected chi connectivity index (χ1v) is 10.3. The molecule has 0 bridgehead atoms. The third-order valence-electron chi connectivity index (χ3n) is 5.43. The highest BCUT2D eigenvalue weighted by atomic mass is 16.5. The Balaban J connectivity index is 1.45. The van der Waals surface area contributed by atoms with E-state index in [1.807, 2.05) is 32.0 Å². The van der Waals surface area contributed by atoms with Gasteiger partial charge in [0, 0.05) is 38.2 Å². The quantitative estimate of drug-likeness (QED) is 0.482. The maximum atomic E-state index is 12.6. The zero-order valence-electron chi connectivity index (χ0n) is 17.8. The zero-order chi connectivity index (χ0) is 22.5. The van der Waals surface area contributed by atoms with Crippen molar-refractivity contribution in [3.05, 3.63) is 47.0 Å². The number of aryl methyl sites for hydroxylation is 2. The second kappa shape index (κ2) is 9.59. The molecule has 1 saturated heterocycles. The highest BCUT2D eigenvalue weighted by Crippen LogP contribution is 2.35. The highest BCUT2D eigenvalue weighted by Gasteiger charge is 2.25. The van der Waals surface area contributed by atoms with E-state index in [-0.39, 0.29) is 17.4 Å². The van der Waals surface area contributed by atoms with Gasteiger partial charge in [-0.15, -0.1) is 0 Å². The van der Waals surface area contributed by atoms with E-state index in [2.05, 4.69) is 0 Å². The van der Waals surface area contributed by atoms with Gasteiger partial charge in [-0.3, -0.25) is 9.59 Å². The Morgan fingerprint density at radius 1 is 0.935 bits per heavy atom. The van der Waals surface area contributed by atoms with Crippen molar-refractivity contribution in [3.63, 3.8) is 0 Å². The molecule has 8 heteroatoms. The lowest BCUT2D eigenvalue weighted by atomic mass is 10.1. The van der Waals surface area contributed by atoms with Crippen LogP contribution in [0.3, 0.4) is 0 Å². The van der Waals surface area contributed by atoms with Gasteiger partial charge in [0.25, 0.3) is 5.91 Å². The second-order valence-electron chi connectivity index (χ2n) is 7.71. The van der Waals surface area contributed by atoms with E-state index in [0.717, 1.165) is 29.0 Å². The van der Waals surface area contributed by atoms with Crippen molar-refractivity contribution in [2.24, 2.45) is 0 Å². The van der Waals surface area contributed by atoms with Gasteiger partial charge in [0.15, 0.2) is 17.2 Å². The molecule has 166 valence electrons. The standard InChI is InChI=1S/C23H28N2O6/c1-15-5-3-6-16(2)22(15)31-12-4-7-20(28)24-8-10-25(11-9-24)23(30)17-13-18(26)21(29)19(27)14-17/h3,5-6,13-14,26-27,29H,4,7-12H2,1-2H3. The van der Waals surface area contributed by atoms with Gasteiger partial charge in [0.05, 0.1) is 6.61 Å². The van der Waals surface area contributed by atoms with Crippen LogP contribution in [0.5, 0.6) is 23.0 Å². The Morgan fingerprint density at radius 2 is 1.48 bits per heavy atom. The Kier molecular flexibility index (Phi) is 6.89. The van der Waals surface area contributed by atoms with Crippen molar-refractivity contribution >= 4 is 11.8 Å². The molecule has 1 aliphatic heterocycles. The normalized spacial score (nSPS) is 13.9. The van der Waals surface area contributed by atoms with Gasteiger partial charge in [0.2, 0.25) is 5.91 Å². The fraction of sp³-hybridized carbons (Fsp3) is 0.391. The largest absolute Gasteiger partial charge is 0.504 e. The predicted molar refractivity (Wildman–Crippen MR) is 115 cm³/mol. The molecule has 0 unspecified atom stereocenters. The lowest BCUT2D eigenvalue weighted by molar-refractivity contribution is -0.132. The minimum atomic E-state index is -0.659. The molecular weight excluding hydrogens is 400 g/mol. The lowest BCUT2D eigenvalue weighted by Gasteiger charge is -2.35. The lowest BCUT2D eigenvalue weighted by Crippen LogP contribution is -2.50. The SMILES string of the molecule is Cc1cccc(C)c1OCCCC(=O)N1CCN(C(=O)c2cc(O)c(O)c(O)c2)CC1. The molecule has 1 fully saturated rings. The number of amides is 2. The van der Waals surface area contributed by atoms with Gasteiger partial charge in [-0.2, -0.15) is 0 Å². The first-order chi connectivity index (χ1) is 14.8. The summed E-state index contributed by atoms with van der Waals surface area (Å²) in [5.41, 5.74) is 2.22. The van der Waals surface area contributed by atoms with Crippen molar-refractivity contribution in [2.75, 3.05) is 32.8 Å². The monoisotopic (exact) mass is 428 g/mol. The second-order valence-corrected chi connectivity index (χ2v) is 7.71. The van der Waals surface area contributed by atoms with E-state index in [9.17, 15) is 24.9 Å². The summed E-state index contributed by atoms with van der Waals surface area (Å²) < 4.78 is 5.85. The van der Waals surface area contributed by atoms with Gasteiger partial charge in [0.1, 0.15) is 5.75 Å². The minimum absolute atomic E-state index is 0.0251. The van der Waals surface area contributed by atoms with Crippen LogP contribution in [0.15, 0.2) is 30.3 Å². The molecule has 0 saturated carbocycles. The van der Waals surface area contributed by atoms with Crippen molar-refractivity contribution < 1.29 is 29.6 Å². The summed E-state index contributed by atoms with van der Waals surface area (Å²) >= 11 is 0. The molecule has 3 rings (SSSR count). The molecule has 0 aliphatic carbocycles. The molecule has 2 amide bonds. The summed E-state index contributed by atoms with van der Waals surface area (Å²) in [7, 11) is 0. The summed E-state index contributed by atoms with van der Waals surface area (Å²) in [5.74, 6) is -1.25. The van der Waals surface area contributed by atoms with Crippen molar-refractivity contribution in [3.8, 4) is 23.0 Å². The van der Waals surface area contributed by atoms with E-state index in [4.69, 9.17) is 4.74 Å². The first-order valence-electron chi connectivity index (χ1n) is 10.3. The third kappa shape index (κ3) is 5.20. The predicted octanol–water partition coefficient (Wildman–Crippen LogP) is 2.56. The number of nitrogens with zero attached hydrogens (tertiary/aromatic N) is 2. The maximum Gasteiger partial charge on any atom is 0.254 e. The van der Waals surface area contributed by atoms with E-state index in [1.165, 1.54) is 0 Å². The Bertz CT molecular complexity index is 923. The molecule has 8 nitrogen and oxygen atoms in total. The number of phenolic OH excluding ortho intramolecular Hbond substituents is 3. The zero-order valence-corrected chi connectivity index (χ0v) is 17.8. The topological polar surface area (TPSA) is 111 Å². The molecule has 1 heterocycles. The number of piperazine rings is 1. The molecule has 0 aromatic heterocycles. The molecule has 0 atom stereocenters. The van der Waals surface area contributed by atoms with Crippen LogP contribution in [-0.4, -0.2) is 69.7 Å². The van der Waals surface area contributed by atoms with Crippen molar-refractivity contribution in [2.45, 2.75) is 26.7 Å². The number of hydrogen-bond acceptors (Lipinski definition) is 6. The summed E-state index contributed by atoms with van der Waals surface area (Å²) in [6, 6.07) is 8.21. The van der Waals surface area contributed by atoms with Crippen LogP contribution < -0.4 is 4.74 Å². The van der Waals surface area contributed by atoms with Gasteiger partial charge in [-0.1, -0.05) is 18.2 Å². The molecule has 3 N–H and O–H groups in total. The molecule has 0 radical (unpaired) electrons. The number of carbonyl (C=O) groups is 2. The summed E-state index contributed by atoms with van der Waals surface area (Å²) in [5, 5.41) is 28.6. The smallest absolute Gasteiger partial charge is 0.254 e. The molecule has 31 heavy (non-hydrogen) atoms. The number of rotatable bonds is 6. The number of para-hydroxylation sites is 1. The molecule has 2 aromatic carbocycles. The number of carbonyl (C=O) groups excluding carboxylic acids is 2. The first kappa shape index (κ1) is 22.3. The van der Waals surface area contributed by atoms with Gasteiger partial charge in [-0.25, -0.2) is 0 Å². The molecule has 0 spiro atoms. The van der Waals surface area contributed by atoms with Gasteiger partial charge < -0.3 is 29.9 Å². The summed E-state index contributed by atoms with van der Waals surface area (Å²) in [6.07, 6.45) is 0.983. The number of aromatic hydroxyl groups is 3. The number of phenols is 3. The van der Waals surface area contributed by atoms with Crippen LogP contribution in [0.1, 0.15) is 34.3 Å². The van der Waals surface area contributed by atoms with Crippen molar-refractivity contribution in [1.29, 1.82) is 0 Å². The Hall–Kier alpha value is -3.42. The third-order valence-corrected chi connectivity index (χ3v) is 5.43. The Labute approximate surface area is 181 Å². The van der Waals surface area contributed by atoms with E-state index in [0.29, 0.717) is 45.6 Å². The average Bonchev–Trinajstić information content (AvgIpc) is 2.75. The van der Waals surface area contributed by atoms with E-state index >= 15 is 0 Å². The Morgan fingerprint density at radius 3 is 2.06 bits per heavy atom. The highest BCUT2D eigenvalue weighted by molar-refractivity contribution is 5.95. The number of benzene rings is 2. The van der Waals surface area contributed by atoms with Crippen LogP contribution >= 0.6 is 0 Å². The van der Waals surface area contributed by atoms with Gasteiger partial charge >= 0.3 is 0 Å². The molecular formula is C23H28N2O6. The van der Waals surface area contributed by atoms with E-state index < -0.39 is 17.2 Å². The number of ether oxygens (including phenoxy) is 1. The fourth-order valence-corrected chi connectivity index (χ4v) is 3.65. The van der Waals surface area contributed by atoms with E-state index in [1.54, 1.807) is 9.80 Å². The number of hydrogen-bond donors (Lipinski definition) is 3. The van der Waals surface area contributed by atoms with Gasteiger partial charge in [-0.05, 0) is 43.5 Å². The maximum absolute atomic E-state index is 12.6. The molecule has 1 aliphatic rings. The summed E-state index contributed by atoms with van der Waals surface area (Å²) in [4.78, 5) is 28.4. The summed E-state index contributed by atoms with van der Waals surface area (Å²) in [6.45, 7) is 5.99.